The normalized spacial score (nSPS) is 13.6. The molecule has 1 unspecified atom stereocenters. The molecule has 1 N–H and O–H groups in total. The molecule has 1 atom stereocenters. The zero-order chi connectivity index (χ0) is 14.8. The molecule has 0 saturated heterocycles. The summed E-state index contributed by atoms with van der Waals surface area (Å²) in [4.78, 5) is 13.3. The van der Waals surface area contributed by atoms with Crippen molar-refractivity contribution in [2.75, 3.05) is 27.7 Å². The van der Waals surface area contributed by atoms with E-state index in [1.165, 1.54) is 38.2 Å². The third kappa shape index (κ3) is 3.14. The van der Waals surface area contributed by atoms with Crippen molar-refractivity contribution in [3.63, 3.8) is 0 Å². The van der Waals surface area contributed by atoms with Gasteiger partial charge in [0.2, 0.25) is 5.09 Å². The van der Waals surface area contributed by atoms with Crippen LogP contribution in [0.3, 0.4) is 0 Å². The minimum Gasteiger partial charge on any atom is -0.438 e. The van der Waals surface area contributed by atoms with Crippen LogP contribution in [0.2, 0.25) is 0 Å². The van der Waals surface area contributed by atoms with Gasteiger partial charge in [-0.05, 0) is 19.1 Å². The molecule has 0 aliphatic rings. The maximum atomic E-state index is 12.0. The van der Waals surface area contributed by atoms with Crippen molar-refractivity contribution in [2.45, 2.75) is 18.1 Å². The van der Waals surface area contributed by atoms with Crippen molar-refractivity contribution in [1.82, 2.24) is 9.21 Å². The van der Waals surface area contributed by atoms with E-state index in [0.717, 1.165) is 4.31 Å². The van der Waals surface area contributed by atoms with E-state index in [9.17, 15) is 13.2 Å². The highest BCUT2D eigenvalue weighted by Crippen LogP contribution is 2.18. The van der Waals surface area contributed by atoms with E-state index < -0.39 is 15.9 Å². The number of hydrogen-bond acceptors (Lipinski definition) is 5. The molecule has 108 valence electrons. The van der Waals surface area contributed by atoms with Crippen molar-refractivity contribution in [3.05, 3.63) is 17.9 Å². The quantitative estimate of drug-likeness (QED) is 0.823. The summed E-state index contributed by atoms with van der Waals surface area (Å²) in [6, 6.07) is 2.16. The molecule has 1 heterocycles. The van der Waals surface area contributed by atoms with Crippen LogP contribution in [0.5, 0.6) is 0 Å². The van der Waals surface area contributed by atoms with Crippen molar-refractivity contribution in [2.24, 2.45) is 0 Å². The lowest BCUT2D eigenvalue weighted by Gasteiger charge is -2.21. The summed E-state index contributed by atoms with van der Waals surface area (Å²) < 4.78 is 29.7. The first-order valence-electron chi connectivity index (χ1n) is 5.62. The van der Waals surface area contributed by atoms with Crippen LogP contribution in [0.25, 0.3) is 0 Å². The van der Waals surface area contributed by atoms with Crippen LogP contribution < -0.4 is 0 Å². The number of furan rings is 1. The van der Waals surface area contributed by atoms with Gasteiger partial charge in [0.05, 0.1) is 12.6 Å². The smallest absolute Gasteiger partial charge is 0.289 e. The summed E-state index contributed by atoms with van der Waals surface area (Å²) in [5.74, 6) is -0.565. The monoisotopic (exact) mass is 290 g/mol. The fourth-order valence-corrected chi connectivity index (χ4v) is 2.05. The minimum atomic E-state index is -3.69. The zero-order valence-electron chi connectivity index (χ0n) is 11.3. The lowest BCUT2D eigenvalue weighted by atomic mass is 10.3. The highest BCUT2D eigenvalue weighted by atomic mass is 32.2. The van der Waals surface area contributed by atoms with Crippen molar-refractivity contribution < 1.29 is 22.7 Å². The number of aliphatic hydroxyl groups is 1. The van der Waals surface area contributed by atoms with Gasteiger partial charge in [-0.3, -0.25) is 4.79 Å². The standard InChI is InChI=1S/C11H18N2O5S/c1-8(7-14)13(4)11(15)9-5-6-10(18-9)19(16,17)12(2)3/h5-6,8,14H,7H2,1-4H3. The predicted octanol–water partition coefficient (Wildman–Crippen LogP) is -0.0173. The Balaban J connectivity index is 3.01. The molecular weight excluding hydrogens is 272 g/mol. The molecule has 1 rings (SSSR count). The summed E-state index contributed by atoms with van der Waals surface area (Å²) in [5, 5.41) is 8.69. The summed E-state index contributed by atoms with van der Waals surface area (Å²) in [5.41, 5.74) is 0. The molecule has 0 aromatic carbocycles. The Hall–Kier alpha value is -1.38. The molecule has 8 heteroatoms. The third-order valence-electron chi connectivity index (χ3n) is 2.77. The Morgan fingerprint density at radius 3 is 2.42 bits per heavy atom. The minimum absolute atomic E-state index is 0.0803. The number of nitrogens with zero attached hydrogens (tertiary/aromatic N) is 2. The van der Waals surface area contributed by atoms with Crippen LogP contribution >= 0.6 is 0 Å². The molecule has 19 heavy (non-hydrogen) atoms. The van der Waals surface area contributed by atoms with Gasteiger partial charge < -0.3 is 14.4 Å². The second-order valence-electron chi connectivity index (χ2n) is 4.35. The van der Waals surface area contributed by atoms with E-state index >= 15 is 0 Å². The van der Waals surface area contributed by atoms with Crippen LogP contribution in [0.1, 0.15) is 17.5 Å². The van der Waals surface area contributed by atoms with Crippen molar-refractivity contribution in [3.8, 4) is 0 Å². The maximum Gasteiger partial charge on any atom is 0.289 e. The molecule has 7 nitrogen and oxygen atoms in total. The van der Waals surface area contributed by atoms with Gasteiger partial charge in [0.15, 0.2) is 5.76 Å². The highest BCUT2D eigenvalue weighted by molar-refractivity contribution is 7.88. The molecular formula is C11H18N2O5S. The van der Waals surface area contributed by atoms with Crippen molar-refractivity contribution in [1.29, 1.82) is 0 Å². The number of hydrogen-bond donors (Lipinski definition) is 1. The van der Waals surface area contributed by atoms with Gasteiger partial charge in [-0.25, -0.2) is 12.7 Å². The van der Waals surface area contributed by atoms with Crippen LogP contribution in [0.4, 0.5) is 0 Å². The van der Waals surface area contributed by atoms with Crippen LogP contribution in [0, 0.1) is 0 Å². The first kappa shape index (κ1) is 15.7. The Labute approximate surface area is 112 Å². The Morgan fingerprint density at radius 2 is 1.95 bits per heavy atom. The van der Waals surface area contributed by atoms with E-state index in [1.807, 2.05) is 0 Å². The van der Waals surface area contributed by atoms with Gasteiger partial charge >= 0.3 is 0 Å². The first-order chi connectivity index (χ1) is 8.71. The van der Waals surface area contributed by atoms with Crippen LogP contribution in [-0.4, -0.2) is 62.4 Å². The fraction of sp³-hybridized carbons (Fsp3) is 0.545. The van der Waals surface area contributed by atoms with E-state index in [0.29, 0.717) is 0 Å². The summed E-state index contributed by atoms with van der Waals surface area (Å²) >= 11 is 0. The molecule has 0 aliphatic heterocycles. The third-order valence-corrected chi connectivity index (χ3v) is 4.46. The maximum absolute atomic E-state index is 12.0. The second-order valence-corrected chi connectivity index (χ2v) is 6.44. The zero-order valence-corrected chi connectivity index (χ0v) is 12.1. The molecule has 0 radical (unpaired) electrons. The number of aliphatic hydroxyl groups excluding tert-OH is 1. The molecule has 0 fully saturated rings. The largest absolute Gasteiger partial charge is 0.438 e. The number of rotatable bonds is 5. The molecule has 0 spiro atoms. The fourth-order valence-electron chi connectivity index (χ4n) is 1.25. The second kappa shape index (κ2) is 5.72. The molecule has 1 aromatic rings. The molecule has 0 saturated carbocycles. The Morgan fingerprint density at radius 1 is 1.37 bits per heavy atom. The van der Waals surface area contributed by atoms with E-state index in [2.05, 4.69) is 0 Å². The Bertz CT molecular complexity index is 549. The van der Waals surface area contributed by atoms with E-state index in [-0.39, 0.29) is 23.5 Å². The van der Waals surface area contributed by atoms with Gasteiger partial charge in [0, 0.05) is 21.1 Å². The van der Waals surface area contributed by atoms with Crippen LogP contribution in [-0.2, 0) is 10.0 Å². The van der Waals surface area contributed by atoms with Crippen LogP contribution in [0.15, 0.2) is 21.6 Å². The number of carbonyl (C=O) groups is 1. The number of likely N-dealkylation sites (N-methyl/N-ethyl adjacent to an activating group) is 1. The lowest BCUT2D eigenvalue weighted by Crippen LogP contribution is -2.37. The number of carbonyl (C=O) groups excluding carboxylic acids is 1. The lowest BCUT2D eigenvalue weighted by molar-refractivity contribution is 0.0645. The molecule has 1 aromatic heterocycles. The topological polar surface area (TPSA) is 91.1 Å². The van der Waals surface area contributed by atoms with Crippen molar-refractivity contribution >= 4 is 15.9 Å². The van der Waals surface area contributed by atoms with Gasteiger partial charge in [0.25, 0.3) is 15.9 Å². The van der Waals surface area contributed by atoms with Gasteiger partial charge in [0.1, 0.15) is 0 Å². The summed E-state index contributed by atoms with van der Waals surface area (Å²) in [6.07, 6.45) is 0. The van der Waals surface area contributed by atoms with E-state index in [1.54, 1.807) is 6.92 Å². The Kier molecular flexibility index (Phi) is 4.72. The molecule has 0 aliphatic carbocycles. The molecule has 0 bridgehead atoms. The first-order valence-corrected chi connectivity index (χ1v) is 7.06. The average molecular weight is 290 g/mol. The summed E-state index contributed by atoms with van der Waals surface area (Å²) in [7, 11) is 0.560. The predicted molar refractivity (Wildman–Crippen MR) is 68.2 cm³/mol. The summed E-state index contributed by atoms with van der Waals surface area (Å²) in [6.45, 7) is 1.48. The van der Waals surface area contributed by atoms with Gasteiger partial charge in [-0.15, -0.1) is 0 Å². The molecule has 1 amide bonds. The van der Waals surface area contributed by atoms with E-state index in [4.69, 9.17) is 9.52 Å². The highest BCUT2D eigenvalue weighted by Gasteiger charge is 2.25. The van der Waals surface area contributed by atoms with Gasteiger partial charge in [-0.1, -0.05) is 0 Å². The number of amides is 1. The average Bonchev–Trinajstić information content (AvgIpc) is 2.85. The van der Waals surface area contributed by atoms with Gasteiger partial charge in [-0.2, -0.15) is 0 Å². The number of sulfonamides is 1. The SMILES string of the molecule is CC(CO)N(C)C(=O)c1ccc(S(=O)(=O)N(C)C)o1.